The Hall–Kier alpha value is -3.04. The number of hydrogen-bond donors (Lipinski definition) is 1. The molecular formula is C25H34N4O5. The van der Waals surface area contributed by atoms with Gasteiger partial charge in [-0.2, -0.15) is 0 Å². The molecule has 34 heavy (non-hydrogen) atoms. The quantitative estimate of drug-likeness (QED) is 0.594. The Kier molecular flexibility index (Phi) is 8.08. The van der Waals surface area contributed by atoms with E-state index in [0.717, 1.165) is 57.1 Å². The summed E-state index contributed by atoms with van der Waals surface area (Å²) in [6, 6.07) is 9.68. The van der Waals surface area contributed by atoms with Crippen molar-refractivity contribution >= 4 is 11.6 Å². The van der Waals surface area contributed by atoms with Crippen LogP contribution in [-0.4, -0.2) is 75.0 Å². The van der Waals surface area contributed by atoms with E-state index in [1.165, 1.54) is 12.8 Å². The van der Waals surface area contributed by atoms with Gasteiger partial charge in [0.25, 0.3) is 0 Å². The molecule has 1 atom stereocenters. The number of carbonyl (C=O) groups excluding carboxylic acids is 1. The number of nitrogens with one attached hydrogen (secondary N) is 1. The first-order valence-electron chi connectivity index (χ1n) is 11.8. The Morgan fingerprint density at radius 1 is 1.12 bits per heavy atom. The third-order valence-electron chi connectivity index (χ3n) is 6.46. The van der Waals surface area contributed by atoms with E-state index in [2.05, 4.69) is 27.2 Å². The van der Waals surface area contributed by atoms with Crippen molar-refractivity contribution in [2.75, 3.05) is 58.5 Å². The summed E-state index contributed by atoms with van der Waals surface area (Å²) in [6.45, 7) is 5.48. The monoisotopic (exact) mass is 470 g/mol. The fourth-order valence-corrected chi connectivity index (χ4v) is 4.46. The summed E-state index contributed by atoms with van der Waals surface area (Å²) in [7, 11) is 3.14. The number of ether oxygens (including phenoxy) is 3. The summed E-state index contributed by atoms with van der Waals surface area (Å²) < 4.78 is 17.9. The van der Waals surface area contributed by atoms with Crippen molar-refractivity contribution < 1.29 is 19.0 Å². The molecule has 1 amide bonds. The lowest BCUT2D eigenvalue weighted by Crippen LogP contribution is -2.46. The third kappa shape index (κ3) is 6.09. The molecule has 0 aliphatic carbocycles. The number of amides is 1. The van der Waals surface area contributed by atoms with Gasteiger partial charge in [-0.3, -0.25) is 14.5 Å². The summed E-state index contributed by atoms with van der Waals surface area (Å²) in [4.78, 5) is 29.7. The minimum atomic E-state index is -0.176. The van der Waals surface area contributed by atoms with Gasteiger partial charge >= 0.3 is 0 Å². The Balaban J connectivity index is 1.38. The maximum absolute atomic E-state index is 12.6. The number of nitrogens with zero attached hydrogens (tertiary/aromatic N) is 3. The first-order chi connectivity index (χ1) is 16.6. The third-order valence-corrected chi connectivity index (χ3v) is 6.46. The van der Waals surface area contributed by atoms with E-state index >= 15 is 0 Å². The van der Waals surface area contributed by atoms with Crippen LogP contribution < -0.4 is 25.1 Å². The van der Waals surface area contributed by atoms with E-state index in [-0.39, 0.29) is 29.7 Å². The van der Waals surface area contributed by atoms with Gasteiger partial charge < -0.3 is 29.0 Å². The van der Waals surface area contributed by atoms with Crippen LogP contribution in [0.1, 0.15) is 18.5 Å². The van der Waals surface area contributed by atoms with Crippen molar-refractivity contribution in [3.8, 4) is 11.5 Å². The zero-order valence-electron chi connectivity index (χ0n) is 20.0. The Labute approximate surface area is 200 Å². The highest BCUT2D eigenvalue weighted by molar-refractivity contribution is 5.75. The van der Waals surface area contributed by atoms with E-state index in [1.807, 2.05) is 16.7 Å². The van der Waals surface area contributed by atoms with Crippen molar-refractivity contribution in [1.29, 1.82) is 0 Å². The van der Waals surface area contributed by atoms with Crippen LogP contribution in [-0.2, 0) is 22.6 Å². The molecule has 184 valence electrons. The zero-order valence-corrected chi connectivity index (χ0v) is 20.0. The summed E-state index contributed by atoms with van der Waals surface area (Å²) in [5.74, 6) is 0.978. The van der Waals surface area contributed by atoms with Gasteiger partial charge in [0.05, 0.1) is 26.5 Å². The Morgan fingerprint density at radius 3 is 2.53 bits per heavy atom. The second-order valence-corrected chi connectivity index (χ2v) is 8.73. The molecule has 3 heterocycles. The van der Waals surface area contributed by atoms with E-state index in [9.17, 15) is 9.59 Å². The van der Waals surface area contributed by atoms with Crippen molar-refractivity contribution in [2.24, 2.45) is 0 Å². The second-order valence-electron chi connectivity index (χ2n) is 8.73. The molecule has 0 spiro atoms. The SMILES string of the molecule is COc1ccc(N2CCN(Cc3cc(=O)c(OC)cn3CC(=O)NCC3CCCO3)CC2)cc1. The molecule has 0 radical (unpaired) electrons. The van der Waals surface area contributed by atoms with Gasteiger partial charge in [0.15, 0.2) is 5.75 Å². The molecule has 2 aromatic rings. The highest BCUT2D eigenvalue weighted by Gasteiger charge is 2.20. The fourth-order valence-electron chi connectivity index (χ4n) is 4.46. The maximum Gasteiger partial charge on any atom is 0.240 e. The van der Waals surface area contributed by atoms with Gasteiger partial charge in [-0.1, -0.05) is 0 Å². The highest BCUT2D eigenvalue weighted by atomic mass is 16.5. The molecule has 0 saturated carbocycles. The molecule has 2 saturated heterocycles. The Morgan fingerprint density at radius 2 is 1.88 bits per heavy atom. The fraction of sp³-hybridized carbons (Fsp3) is 0.520. The highest BCUT2D eigenvalue weighted by Crippen LogP contribution is 2.21. The lowest BCUT2D eigenvalue weighted by molar-refractivity contribution is -0.122. The lowest BCUT2D eigenvalue weighted by atomic mass is 10.2. The molecule has 1 unspecified atom stereocenters. The van der Waals surface area contributed by atoms with Crippen LogP contribution >= 0.6 is 0 Å². The van der Waals surface area contributed by atoms with Gasteiger partial charge in [-0.05, 0) is 37.1 Å². The van der Waals surface area contributed by atoms with Crippen molar-refractivity contribution in [1.82, 2.24) is 14.8 Å². The number of hydrogen-bond acceptors (Lipinski definition) is 7. The van der Waals surface area contributed by atoms with Crippen LogP contribution in [0.25, 0.3) is 0 Å². The van der Waals surface area contributed by atoms with Gasteiger partial charge in [0.1, 0.15) is 12.3 Å². The average molecular weight is 471 g/mol. The first kappa shape index (κ1) is 24.1. The number of aromatic nitrogens is 1. The van der Waals surface area contributed by atoms with E-state index in [0.29, 0.717) is 13.1 Å². The molecule has 1 N–H and O–H groups in total. The molecule has 1 aromatic heterocycles. The lowest BCUT2D eigenvalue weighted by Gasteiger charge is -2.36. The van der Waals surface area contributed by atoms with Crippen molar-refractivity contribution in [3.05, 3.63) is 52.4 Å². The minimum Gasteiger partial charge on any atom is -0.497 e. The molecule has 9 heteroatoms. The van der Waals surface area contributed by atoms with Crippen molar-refractivity contribution in [2.45, 2.75) is 32.0 Å². The molecule has 4 rings (SSSR count). The first-order valence-corrected chi connectivity index (χ1v) is 11.8. The summed E-state index contributed by atoms with van der Waals surface area (Å²) in [5.41, 5.74) is 1.80. The molecule has 9 nitrogen and oxygen atoms in total. The van der Waals surface area contributed by atoms with Gasteiger partial charge in [0.2, 0.25) is 11.3 Å². The smallest absolute Gasteiger partial charge is 0.240 e. The summed E-state index contributed by atoms with van der Waals surface area (Å²) in [6.07, 6.45) is 3.73. The topological polar surface area (TPSA) is 85.3 Å². The molecule has 2 fully saturated rings. The number of benzene rings is 1. The zero-order chi connectivity index (χ0) is 23.9. The van der Waals surface area contributed by atoms with E-state index in [1.54, 1.807) is 19.4 Å². The van der Waals surface area contributed by atoms with E-state index < -0.39 is 0 Å². The van der Waals surface area contributed by atoms with Crippen LogP contribution in [0.2, 0.25) is 0 Å². The number of anilines is 1. The maximum atomic E-state index is 12.6. The van der Waals surface area contributed by atoms with Gasteiger partial charge in [0, 0.05) is 63.3 Å². The van der Waals surface area contributed by atoms with Gasteiger partial charge in [-0.15, -0.1) is 0 Å². The minimum absolute atomic E-state index is 0.0916. The Bertz CT molecular complexity index is 1010. The second kappa shape index (κ2) is 11.4. The summed E-state index contributed by atoms with van der Waals surface area (Å²) in [5, 5.41) is 2.96. The normalized spacial score (nSPS) is 18.6. The van der Waals surface area contributed by atoms with Crippen molar-refractivity contribution in [3.63, 3.8) is 0 Å². The molecule has 1 aromatic carbocycles. The predicted octanol–water partition coefficient (Wildman–Crippen LogP) is 1.48. The van der Waals surface area contributed by atoms with E-state index in [4.69, 9.17) is 14.2 Å². The van der Waals surface area contributed by atoms with Crippen LogP contribution in [0.5, 0.6) is 11.5 Å². The van der Waals surface area contributed by atoms with Gasteiger partial charge in [-0.25, -0.2) is 0 Å². The van der Waals surface area contributed by atoms with Crippen LogP contribution in [0.15, 0.2) is 41.3 Å². The molecule has 2 aliphatic heterocycles. The summed E-state index contributed by atoms with van der Waals surface area (Å²) >= 11 is 0. The number of pyridine rings is 1. The largest absolute Gasteiger partial charge is 0.497 e. The standard InChI is InChI=1S/C25H34N4O5/c1-32-21-7-5-19(6-8-21)28-11-9-27(10-12-28)16-20-14-23(30)24(33-2)17-29(20)18-25(31)26-15-22-4-3-13-34-22/h5-8,14,17,22H,3-4,9-13,15-16,18H2,1-2H3,(H,26,31). The van der Waals surface area contributed by atoms with Crippen LogP contribution in [0.3, 0.4) is 0 Å². The predicted molar refractivity (Wildman–Crippen MR) is 130 cm³/mol. The van der Waals surface area contributed by atoms with Crippen LogP contribution in [0.4, 0.5) is 5.69 Å². The number of carbonyl (C=O) groups is 1. The number of rotatable bonds is 9. The average Bonchev–Trinajstić information content (AvgIpc) is 3.39. The number of methoxy groups -OCH3 is 2. The number of piperazine rings is 1. The molecule has 0 bridgehead atoms. The molecular weight excluding hydrogens is 436 g/mol. The molecule has 2 aliphatic rings. The van der Waals surface area contributed by atoms with Crippen LogP contribution in [0, 0.1) is 0 Å².